The predicted molar refractivity (Wildman–Crippen MR) is 55.1 cm³/mol. The Morgan fingerprint density at radius 1 is 1.64 bits per heavy atom. The van der Waals surface area contributed by atoms with Gasteiger partial charge in [0.2, 0.25) is 5.78 Å². The van der Waals surface area contributed by atoms with Crippen LogP contribution in [0.4, 0.5) is 0 Å². The number of nitrogens with two attached hydrogens (primary N) is 1. The minimum atomic E-state index is -0.850. The summed E-state index contributed by atoms with van der Waals surface area (Å²) in [7, 11) is 0. The van der Waals surface area contributed by atoms with Crippen LogP contribution >= 0.6 is 0 Å². The zero-order chi connectivity index (χ0) is 10.8. The predicted octanol–water partition coefficient (Wildman–Crippen LogP) is 1.21. The summed E-state index contributed by atoms with van der Waals surface area (Å²) in [6.45, 7) is 6.25. The maximum atomic E-state index is 11.8. The van der Waals surface area contributed by atoms with Gasteiger partial charge >= 0.3 is 0 Å². The highest BCUT2D eigenvalue weighted by molar-refractivity contribution is 5.99. The number of aryl methyl sites for hydroxylation is 1. The van der Waals surface area contributed by atoms with E-state index in [2.05, 4.69) is 11.9 Å². The molecule has 1 aromatic rings. The lowest BCUT2D eigenvalue weighted by Crippen LogP contribution is -2.42. The standard InChI is InChI=1S/C10H17N3O/c1-4-6-13-7-5-12-9(13)8(14)10(2,3)11/h5,7H,4,6,11H2,1-3H3. The number of hydrogen-bond acceptors (Lipinski definition) is 3. The van der Waals surface area contributed by atoms with Crippen LogP contribution in [0.5, 0.6) is 0 Å². The number of nitrogens with zero attached hydrogens (tertiary/aromatic N) is 2. The quantitative estimate of drug-likeness (QED) is 0.735. The maximum absolute atomic E-state index is 11.8. The van der Waals surface area contributed by atoms with Gasteiger partial charge in [-0.15, -0.1) is 0 Å². The van der Waals surface area contributed by atoms with Gasteiger partial charge in [-0.25, -0.2) is 4.98 Å². The van der Waals surface area contributed by atoms with E-state index in [0.29, 0.717) is 5.82 Å². The van der Waals surface area contributed by atoms with Gasteiger partial charge in [-0.2, -0.15) is 0 Å². The van der Waals surface area contributed by atoms with E-state index < -0.39 is 5.54 Å². The molecule has 0 spiro atoms. The van der Waals surface area contributed by atoms with Crippen molar-refractivity contribution in [3.05, 3.63) is 18.2 Å². The van der Waals surface area contributed by atoms with E-state index in [0.717, 1.165) is 13.0 Å². The molecule has 0 aliphatic carbocycles. The molecule has 0 unspecified atom stereocenters. The molecular formula is C10H17N3O. The second kappa shape index (κ2) is 3.92. The van der Waals surface area contributed by atoms with E-state index in [4.69, 9.17) is 5.73 Å². The summed E-state index contributed by atoms with van der Waals surface area (Å²) in [4.78, 5) is 15.8. The smallest absolute Gasteiger partial charge is 0.217 e. The van der Waals surface area contributed by atoms with E-state index in [1.54, 1.807) is 20.0 Å². The third-order valence-corrected chi connectivity index (χ3v) is 1.97. The van der Waals surface area contributed by atoms with Gasteiger partial charge in [0.1, 0.15) is 0 Å². The first kappa shape index (κ1) is 10.9. The molecule has 0 aromatic carbocycles. The van der Waals surface area contributed by atoms with Crippen LogP contribution in [0.1, 0.15) is 37.8 Å². The third kappa shape index (κ3) is 2.20. The Morgan fingerprint density at radius 3 is 2.79 bits per heavy atom. The molecule has 4 heteroatoms. The van der Waals surface area contributed by atoms with Gasteiger partial charge in [-0.05, 0) is 20.3 Å². The SMILES string of the molecule is CCCn1ccnc1C(=O)C(C)(C)N. The number of hydrogen-bond donors (Lipinski definition) is 1. The van der Waals surface area contributed by atoms with E-state index in [1.807, 2.05) is 10.8 Å². The van der Waals surface area contributed by atoms with E-state index in [1.165, 1.54) is 0 Å². The molecule has 0 atom stereocenters. The van der Waals surface area contributed by atoms with E-state index in [9.17, 15) is 4.79 Å². The monoisotopic (exact) mass is 195 g/mol. The molecule has 0 aliphatic rings. The molecule has 14 heavy (non-hydrogen) atoms. The molecule has 0 amide bonds. The number of carbonyl (C=O) groups is 1. The summed E-state index contributed by atoms with van der Waals surface area (Å²) >= 11 is 0. The average molecular weight is 195 g/mol. The Kier molecular flexibility index (Phi) is 3.06. The van der Waals surface area contributed by atoms with Gasteiger partial charge in [0.25, 0.3) is 0 Å². The van der Waals surface area contributed by atoms with Crippen molar-refractivity contribution in [3.63, 3.8) is 0 Å². The normalized spacial score (nSPS) is 11.7. The molecule has 4 nitrogen and oxygen atoms in total. The maximum Gasteiger partial charge on any atom is 0.217 e. The fourth-order valence-corrected chi connectivity index (χ4v) is 1.23. The zero-order valence-corrected chi connectivity index (χ0v) is 8.95. The van der Waals surface area contributed by atoms with Crippen LogP contribution in [0.2, 0.25) is 0 Å². The molecule has 2 N–H and O–H groups in total. The van der Waals surface area contributed by atoms with Crippen LogP contribution < -0.4 is 5.73 Å². The minimum Gasteiger partial charge on any atom is -0.328 e. The van der Waals surface area contributed by atoms with Gasteiger partial charge in [0.15, 0.2) is 5.82 Å². The second-order valence-electron chi connectivity index (χ2n) is 4.00. The molecule has 0 radical (unpaired) electrons. The summed E-state index contributed by atoms with van der Waals surface area (Å²) in [6, 6.07) is 0. The van der Waals surface area contributed by atoms with Crippen molar-refractivity contribution >= 4 is 5.78 Å². The highest BCUT2D eigenvalue weighted by atomic mass is 16.1. The summed E-state index contributed by atoms with van der Waals surface area (Å²) in [6.07, 6.45) is 4.42. The molecule has 1 rings (SSSR count). The van der Waals surface area contributed by atoms with Gasteiger partial charge in [-0.3, -0.25) is 4.79 Å². The van der Waals surface area contributed by atoms with Crippen molar-refractivity contribution in [1.82, 2.24) is 9.55 Å². The highest BCUT2D eigenvalue weighted by Crippen LogP contribution is 2.09. The third-order valence-electron chi connectivity index (χ3n) is 1.97. The van der Waals surface area contributed by atoms with Crippen LogP contribution in [0.15, 0.2) is 12.4 Å². The number of Topliss-reactive ketones (excluding diaryl/α,β-unsaturated/α-hetero) is 1. The summed E-state index contributed by atoms with van der Waals surface area (Å²) in [5.41, 5.74) is 4.88. The van der Waals surface area contributed by atoms with Crippen LogP contribution in [-0.2, 0) is 6.54 Å². The Balaban J connectivity index is 2.95. The second-order valence-corrected chi connectivity index (χ2v) is 4.00. The molecular weight excluding hydrogens is 178 g/mol. The van der Waals surface area contributed by atoms with Crippen LogP contribution in [-0.4, -0.2) is 20.9 Å². The lowest BCUT2D eigenvalue weighted by molar-refractivity contribution is 0.0898. The first-order valence-electron chi connectivity index (χ1n) is 4.81. The molecule has 78 valence electrons. The van der Waals surface area contributed by atoms with Crippen LogP contribution in [0, 0.1) is 0 Å². The molecule has 0 fully saturated rings. The van der Waals surface area contributed by atoms with Crippen molar-refractivity contribution < 1.29 is 4.79 Å². The summed E-state index contributed by atoms with van der Waals surface area (Å²) in [5, 5.41) is 0. The molecule has 0 saturated carbocycles. The number of ketones is 1. The average Bonchev–Trinajstić information content (AvgIpc) is 2.50. The van der Waals surface area contributed by atoms with Gasteiger partial charge in [0, 0.05) is 18.9 Å². The van der Waals surface area contributed by atoms with E-state index in [-0.39, 0.29) is 5.78 Å². The fourth-order valence-electron chi connectivity index (χ4n) is 1.23. The molecule has 0 saturated heterocycles. The Bertz CT molecular complexity index is 322. The van der Waals surface area contributed by atoms with Gasteiger partial charge < -0.3 is 10.3 Å². The van der Waals surface area contributed by atoms with Gasteiger partial charge in [-0.1, -0.05) is 6.92 Å². The lowest BCUT2D eigenvalue weighted by Gasteiger charge is -2.16. The Morgan fingerprint density at radius 2 is 2.29 bits per heavy atom. The largest absolute Gasteiger partial charge is 0.328 e. The minimum absolute atomic E-state index is 0.115. The Hall–Kier alpha value is -1.16. The molecule has 1 heterocycles. The van der Waals surface area contributed by atoms with Crippen LogP contribution in [0.25, 0.3) is 0 Å². The van der Waals surface area contributed by atoms with Crippen molar-refractivity contribution in [3.8, 4) is 0 Å². The Labute approximate surface area is 84.1 Å². The van der Waals surface area contributed by atoms with E-state index >= 15 is 0 Å². The van der Waals surface area contributed by atoms with Crippen molar-refractivity contribution in [2.75, 3.05) is 0 Å². The molecule has 0 aliphatic heterocycles. The zero-order valence-electron chi connectivity index (χ0n) is 8.95. The van der Waals surface area contributed by atoms with Crippen molar-refractivity contribution in [2.24, 2.45) is 5.73 Å². The molecule has 0 bridgehead atoms. The van der Waals surface area contributed by atoms with Crippen LogP contribution in [0.3, 0.4) is 0 Å². The van der Waals surface area contributed by atoms with Crippen molar-refractivity contribution in [2.45, 2.75) is 39.3 Å². The van der Waals surface area contributed by atoms with Crippen molar-refractivity contribution in [1.29, 1.82) is 0 Å². The first-order chi connectivity index (χ1) is 6.46. The number of imidazole rings is 1. The topological polar surface area (TPSA) is 60.9 Å². The first-order valence-corrected chi connectivity index (χ1v) is 4.81. The number of rotatable bonds is 4. The number of carbonyl (C=O) groups excluding carboxylic acids is 1. The number of aromatic nitrogens is 2. The highest BCUT2D eigenvalue weighted by Gasteiger charge is 2.26. The molecule has 1 aromatic heterocycles. The summed E-state index contributed by atoms with van der Waals surface area (Å²) < 4.78 is 1.84. The lowest BCUT2D eigenvalue weighted by atomic mass is 10.0. The van der Waals surface area contributed by atoms with Gasteiger partial charge in [0.05, 0.1) is 5.54 Å². The fraction of sp³-hybridized carbons (Fsp3) is 0.600. The summed E-state index contributed by atoms with van der Waals surface area (Å²) in [5.74, 6) is 0.343.